The first-order valence-electron chi connectivity index (χ1n) is 5.14. The molecule has 0 aliphatic carbocycles. The number of amides is 1. The van der Waals surface area contributed by atoms with Gasteiger partial charge < -0.3 is 15.5 Å². The van der Waals surface area contributed by atoms with Crippen LogP contribution < -0.4 is 10.6 Å². The third-order valence-corrected chi connectivity index (χ3v) is 2.51. The summed E-state index contributed by atoms with van der Waals surface area (Å²) in [5.74, 6) is 0.636. The molecule has 6 nitrogen and oxygen atoms in total. The number of nitrogens with two attached hydrogens (primary N) is 1. The highest BCUT2D eigenvalue weighted by atomic mass is 16.2. The van der Waals surface area contributed by atoms with E-state index < -0.39 is 0 Å². The minimum atomic E-state index is -0.139. The number of rotatable bonds is 2. The van der Waals surface area contributed by atoms with Crippen LogP contribution in [0, 0.1) is 0 Å². The average Bonchev–Trinajstić information content (AvgIpc) is 2.24. The fraction of sp³-hybridized carbons (Fsp3) is 0.500. The second kappa shape index (κ2) is 4.05. The maximum atomic E-state index is 11.6. The molecule has 0 radical (unpaired) electrons. The summed E-state index contributed by atoms with van der Waals surface area (Å²) in [6.07, 6.45) is 0. The summed E-state index contributed by atoms with van der Waals surface area (Å²) >= 11 is 0. The molecule has 16 heavy (non-hydrogen) atoms. The van der Waals surface area contributed by atoms with Crippen molar-refractivity contribution in [3.63, 3.8) is 0 Å². The first-order valence-corrected chi connectivity index (χ1v) is 5.14. The molecule has 2 heterocycles. The maximum absolute atomic E-state index is 11.6. The van der Waals surface area contributed by atoms with Gasteiger partial charge in [-0.05, 0) is 12.1 Å². The molecule has 1 fully saturated rings. The molecule has 0 aromatic carbocycles. The molecular weight excluding hydrogens is 206 g/mol. The molecule has 0 atom stereocenters. The molecule has 0 unspecified atom stereocenters. The summed E-state index contributed by atoms with van der Waals surface area (Å²) in [6, 6.07) is 3.72. The predicted octanol–water partition coefficient (Wildman–Crippen LogP) is -0.674. The molecule has 2 N–H and O–H groups in total. The third kappa shape index (κ3) is 1.96. The van der Waals surface area contributed by atoms with Crippen molar-refractivity contribution in [2.45, 2.75) is 6.04 Å². The van der Waals surface area contributed by atoms with Gasteiger partial charge in [-0.3, -0.25) is 4.79 Å². The number of aromatic nitrogens is 2. The second-order valence-corrected chi connectivity index (χ2v) is 4.14. The fourth-order valence-electron chi connectivity index (χ4n) is 1.54. The molecule has 1 amide bonds. The van der Waals surface area contributed by atoms with E-state index in [-0.39, 0.29) is 11.9 Å². The van der Waals surface area contributed by atoms with Gasteiger partial charge in [0.15, 0.2) is 11.5 Å². The van der Waals surface area contributed by atoms with Crippen molar-refractivity contribution in [2.75, 3.05) is 32.1 Å². The minimum absolute atomic E-state index is 0.139. The number of carbonyl (C=O) groups excluding carboxylic acids is 1. The van der Waals surface area contributed by atoms with Crippen LogP contribution in [0.5, 0.6) is 0 Å². The predicted molar refractivity (Wildman–Crippen MR) is 60.2 cm³/mol. The Hall–Kier alpha value is -1.69. The lowest BCUT2D eigenvalue weighted by molar-refractivity contribution is 0.0821. The van der Waals surface area contributed by atoms with Crippen molar-refractivity contribution in [1.82, 2.24) is 15.1 Å². The molecule has 0 saturated carbocycles. The molecule has 1 aromatic heterocycles. The van der Waals surface area contributed by atoms with E-state index in [1.165, 1.54) is 4.90 Å². The summed E-state index contributed by atoms with van der Waals surface area (Å²) in [6.45, 7) is 1.60. The van der Waals surface area contributed by atoms with Crippen LogP contribution in [0.25, 0.3) is 0 Å². The fourth-order valence-corrected chi connectivity index (χ4v) is 1.54. The lowest BCUT2D eigenvalue weighted by Gasteiger charge is -2.37. The van der Waals surface area contributed by atoms with Crippen molar-refractivity contribution in [1.29, 1.82) is 0 Å². The Balaban J connectivity index is 2.08. The zero-order valence-corrected chi connectivity index (χ0v) is 9.42. The molecule has 1 aliphatic rings. The lowest BCUT2D eigenvalue weighted by atomic mass is 10.1. The van der Waals surface area contributed by atoms with E-state index in [2.05, 4.69) is 10.2 Å². The average molecular weight is 221 g/mol. The molecule has 86 valence electrons. The van der Waals surface area contributed by atoms with E-state index in [4.69, 9.17) is 5.73 Å². The quantitative estimate of drug-likeness (QED) is 0.716. The van der Waals surface area contributed by atoms with Gasteiger partial charge in [-0.1, -0.05) is 0 Å². The monoisotopic (exact) mass is 221 g/mol. The molecular formula is C10H15N5O. The van der Waals surface area contributed by atoms with E-state index in [0.29, 0.717) is 5.69 Å². The molecule has 1 aromatic rings. The smallest absolute Gasteiger partial charge is 0.273 e. The van der Waals surface area contributed by atoms with Crippen molar-refractivity contribution >= 4 is 11.7 Å². The van der Waals surface area contributed by atoms with Gasteiger partial charge in [0.2, 0.25) is 0 Å². The van der Waals surface area contributed by atoms with Crippen LogP contribution in [0.1, 0.15) is 10.5 Å². The Morgan fingerprint density at radius 1 is 1.44 bits per heavy atom. The normalized spacial score (nSPS) is 15.8. The molecule has 6 heteroatoms. The first kappa shape index (κ1) is 10.8. The zero-order chi connectivity index (χ0) is 11.7. The third-order valence-electron chi connectivity index (χ3n) is 2.51. The Morgan fingerprint density at radius 3 is 2.56 bits per heavy atom. The van der Waals surface area contributed by atoms with Gasteiger partial charge in [-0.25, -0.2) is 0 Å². The van der Waals surface area contributed by atoms with E-state index in [0.717, 1.165) is 18.9 Å². The minimum Gasteiger partial charge on any atom is -0.352 e. The van der Waals surface area contributed by atoms with E-state index in [1.807, 2.05) is 4.90 Å². The number of hydrogen-bond donors (Lipinski definition) is 1. The second-order valence-electron chi connectivity index (χ2n) is 4.14. The Labute approximate surface area is 94.0 Å². The van der Waals surface area contributed by atoms with Crippen LogP contribution in [0.3, 0.4) is 0 Å². The van der Waals surface area contributed by atoms with E-state index >= 15 is 0 Å². The van der Waals surface area contributed by atoms with Gasteiger partial charge in [0.05, 0.1) is 0 Å². The van der Waals surface area contributed by atoms with Crippen molar-refractivity contribution < 1.29 is 4.79 Å². The molecule has 0 bridgehead atoms. The summed E-state index contributed by atoms with van der Waals surface area (Å²) in [5, 5.41) is 7.92. The van der Waals surface area contributed by atoms with Gasteiger partial charge in [0, 0.05) is 33.2 Å². The molecule has 1 saturated heterocycles. The summed E-state index contributed by atoms with van der Waals surface area (Å²) < 4.78 is 0. The Morgan fingerprint density at radius 2 is 2.12 bits per heavy atom. The van der Waals surface area contributed by atoms with Crippen LogP contribution in [0.2, 0.25) is 0 Å². The number of nitrogens with zero attached hydrogens (tertiary/aromatic N) is 4. The van der Waals surface area contributed by atoms with Gasteiger partial charge in [-0.2, -0.15) is 0 Å². The van der Waals surface area contributed by atoms with Crippen LogP contribution in [-0.4, -0.2) is 54.2 Å². The maximum Gasteiger partial charge on any atom is 0.273 e. The van der Waals surface area contributed by atoms with Gasteiger partial charge in [0.25, 0.3) is 5.91 Å². The molecule has 1 aliphatic heterocycles. The highest BCUT2D eigenvalue weighted by Crippen LogP contribution is 2.16. The summed E-state index contributed by atoms with van der Waals surface area (Å²) in [5.41, 5.74) is 6.03. The highest BCUT2D eigenvalue weighted by molar-refractivity contribution is 5.91. The van der Waals surface area contributed by atoms with E-state index in [1.54, 1.807) is 26.2 Å². The van der Waals surface area contributed by atoms with Gasteiger partial charge in [-0.15, -0.1) is 10.2 Å². The number of anilines is 1. The van der Waals surface area contributed by atoms with Crippen LogP contribution in [-0.2, 0) is 0 Å². The highest BCUT2D eigenvalue weighted by Gasteiger charge is 2.24. The molecule has 0 spiro atoms. The van der Waals surface area contributed by atoms with Crippen LogP contribution in [0.4, 0.5) is 5.82 Å². The lowest BCUT2D eigenvalue weighted by Crippen LogP contribution is -2.56. The van der Waals surface area contributed by atoms with Crippen molar-refractivity contribution in [2.24, 2.45) is 5.73 Å². The van der Waals surface area contributed by atoms with Crippen molar-refractivity contribution in [3.8, 4) is 0 Å². The van der Waals surface area contributed by atoms with Gasteiger partial charge in [0.1, 0.15) is 0 Å². The first-order chi connectivity index (χ1) is 7.58. The van der Waals surface area contributed by atoms with Crippen molar-refractivity contribution in [3.05, 3.63) is 17.8 Å². The van der Waals surface area contributed by atoms with E-state index in [9.17, 15) is 4.79 Å². The number of carbonyl (C=O) groups is 1. The Bertz CT molecular complexity index is 383. The van der Waals surface area contributed by atoms with Crippen LogP contribution >= 0.6 is 0 Å². The largest absolute Gasteiger partial charge is 0.352 e. The molecule has 2 rings (SSSR count). The van der Waals surface area contributed by atoms with Crippen LogP contribution in [0.15, 0.2) is 12.1 Å². The SMILES string of the molecule is CN(C)C(=O)c1ccc(N2CC(N)C2)nn1. The number of hydrogen-bond acceptors (Lipinski definition) is 5. The summed E-state index contributed by atoms with van der Waals surface area (Å²) in [7, 11) is 3.37. The standard InChI is InChI=1S/C10H15N5O/c1-14(2)10(16)8-3-4-9(13-12-8)15-5-7(11)6-15/h3-4,7H,5-6,11H2,1-2H3. The summed E-state index contributed by atoms with van der Waals surface area (Å²) in [4.78, 5) is 15.1. The topological polar surface area (TPSA) is 75.4 Å². The Kier molecular flexibility index (Phi) is 2.74. The zero-order valence-electron chi connectivity index (χ0n) is 9.42. The van der Waals surface area contributed by atoms with Gasteiger partial charge >= 0.3 is 0 Å².